The Kier molecular flexibility index (Phi) is 5.39. The normalized spacial score (nSPS) is 35.5. The summed E-state index contributed by atoms with van der Waals surface area (Å²) in [6.07, 6.45) is -10.5. The van der Waals surface area contributed by atoms with Crippen LogP contribution in [0.15, 0.2) is 0 Å². The fraction of sp³-hybridized carbons (Fsp3) is 0.929. The molecule has 0 aromatic rings. The van der Waals surface area contributed by atoms with Gasteiger partial charge in [0.2, 0.25) is 5.91 Å². The van der Waals surface area contributed by atoms with Gasteiger partial charge in [-0.3, -0.25) is 4.79 Å². The fourth-order valence-electron chi connectivity index (χ4n) is 3.25. The minimum Gasteiger partial charge on any atom is -0.380 e. The highest BCUT2D eigenvalue weighted by atomic mass is 19.4. The number of hydrogen-bond donors (Lipinski definition) is 3. The number of carbonyl (C=O) groups is 1. The van der Waals surface area contributed by atoms with Crippen LogP contribution in [0.1, 0.15) is 38.5 Å². The Labute approximate surface area is 135 Å². The lowest BCUT2D eigenvalue weighted by Crippen LogP contribution is -2.54. The maximum atomic E-state index is 12.7. The average Bonchev–Trinajstić information content (AvgIpc) is 2.48. The molecule has 2 atom stereocenters. The molecule has 140 valence electrons. The molecular formula is C14H20F6N2O2. The molecule has 0 aromatic heterocycles. The lowest BCUT2D eigenvalue weighted by atomic mass is 9.81. The van der Waals surface area contributed by atoms with Crippen LogP contribution < -0.4 is 10.6 Å². The van der Waals surface area contributed by atoms with Crippen molar-refractivity contribution >= 4 is 5.91 Å². The topological polar surface area (TPSA) is 61.4 Å². The van der Waals surface area contributed by atoms with Crippen LogP contribution in [0.2, 0.25) is 0 Å². The van der Waals surface area contributed by atoms with E-state index >= 15 is 0 Å². The number of halogens is 6. The predicted molar refractivity (Wildman–Crippen MR) is 72.0 cm³/mol. The van der Waals surface area contributed by atoms with Gasteiger partial charge in [0, 0.05) is 12.0 Å². The molecule has 4 nitrogen and oxygen atoms in total. The van der Waals surface area contributed by atoms with Crippen molar-refractivity contribution in [2.24, 2.45) is 5.92 Å². The van der Waals surface area contributed by atoms with Gasteiger partial charge in [-0.15, -0.1) is 0 Å². The summed E-state index contributed by atoms with van der Waals surface area (Å²) in [5.41, 5.74) is -2.75. The molecule has 0 bridgehead atoms. The number of amides is 1. The molecule has 1 saturated heterocycles. The van der Waals surface area contributed by atoms with Crippen molar-refractivity contribution in [1.29, 1.82) is 0 Å². The molecule has 0 radical (unpaired) electrons. The number of piperidine rings is 1. The Morgan fingerprint density at radius 1 is 1.08 bits per heavy atom. The summed E-state index contributed by atoms with van der Waals surface area (Å²) in [5, 5.41) is 14.4. The predicted octanol–water partition coefficient (Wildman–Crippen LogP) is 2.27. The lowest BCUT2D eigenvalue weighted by Gasteiger charge is -2.38. The van der Waals surface area contributed by atoms with Gasteiger partial charge in [-0.1, -0.05) is 0 Å². The summed E-state index contributed by atoms with van der Waals surface area (Å²) in [5.74, 6) is -1.38. The first-order chi connectivity index (χ1) is 10.9. The molecule has 2 fully saturated rings. The summed E-state index contributed by atoms with van der Waals surface area (Å²) >= 11 is 0. The number of carbonyl (C=O) groups excluding carboxylic acids is 1. The van der Waals surface area contributed by atoms with E-state index in [1.54, 1.807) is 0 Å². The monoisotopic (exact) mass is 362 g/mol. The zero-order valence-corrected chi connectivity index (χ0v) is 12.8. The molecule has 24 heavy (non-hydrogen) atoms. The van der Waals surface area contributed by atoms with E-state index in [9.17, 15) is 36.2 Å². The Morgan fingerprint density at radius 3 is 2.17 bits per heavy atom. The summed E-state index contributed by atoms with van der Waals surface area (Å²) < 4.78 is 76.2. The van der Waals surface area contributed by atoms with Crippen molar-refractivity contribution in [2.75, 3.05) is 6.54 Å². The molecule has 0 spiro atoms. The second-order valence-electron chi connectivity index (χ2n) is 6.58. The molecule has 1 saturated carbocycles. The average molecular weight is 362 g/mol. The standard InChI is InChI=1S/C14H20F6N2O2/c15-13(16,17)10-7-8(3-6-21-10)11(23)22-9-1-4-12(24,5-2-9)14(18,19)20/h8-10,21,24H,1-7H2,(H,22,23). The van der Waals surface area contributed by atoms with Gasteiger partial charge in [0.25, 0.3) is 0 Å². The van der Waals surface area contributed by atoms with Gasteiger partial charge >= 0.3 is 12.4 Å². The zero-order valence-electron chi connectivity index (χ0n) is 12.8. The molecule has 2 unspecified atom stereocenters. The second kappa shape index (κ2) is 6.70. The van der Waals surface area contributed by atoms with Crippen molar-refractivity contribution < 1.29 is 36.2 Å². The molecule has 2 rings (SSSR count). The third kappa shape index (κ3) is 4.33. The van der Waals surface area contributed by atoms with Crippen LogP contribution in [0.3, 0.4) is 0 Å². The van der Waals surface area contributed by atoms with Gasteiger partial charge in [-0.2, -0.15) is 26.3 Å². The Morgan fingerprint density at radius 2 is 1.67 bits per heavy atom. The smallest absolute Gasteiger partial charge is 0.380 e. The first-order valence-corrected chi connectivity index (χ1v) is 7.82. The van der Waals surface area contributed by atoms with Crippen LogP contribution in [0, 0.1) is 5.92 Å². The van der Waals surface area contributed by atoms with Crippen molar-refractivity contribution in [1.82, 2.24) is 10.6 Å². The van der Waals surface area contributed by atoms with Crippen molar-refractivity contribution in [3.63, 3.8) is 0 Å². The number of nitrogens with one attached hydrogen (secondary N) is 2. The van der Waals surface area contributed by atoms with E-state index < -0.39 is 54.7 Å². The third-order valence-electron chi connectivity index (χ3n) is 4.86. The first-order valence-electron chi connectivity index (χ1n) is 7.82. The molecule has 1 heterocycles. The highest BCUT2D eigenvalue weighted by Gasteiger charge is 2.54. The van der Waals surface area contributed by atoms with Crippen LogP contribution in [-0.4, -0.2) is 47.6 Å². The summed E-state index contributed by atoms with van der Waals surface area (Å²) in [4.78, 5) is 12.1. The van der Waals surface area contributed by atoms with E-state index in [1.165, 1.54) is 0 Å². The molecular weight excluding hydrogens is 342 g/mol. The van der Waals surface area contributed by atoms with E-state index in [-0.39, 0.29) is 32.2 Å². The highest BCUT2D eigenvalue weighted by molar-refractivity contribution is 5.79. The second-order valence-corrected chi connectivity index (χ2v) is 6.58. The zero-order chi connectivity index (χ0) is 18.2. The summed E-state index contributed by atoms with van der Waals surface area (Å²) in [6, 6.07) is -2.30. The molecule has 2 aliphatic rings. The van der Waals surface area contributed by atoms with Gasteiger partial charge in [-0.25, -0.2) is 0 Å². The van der Waals surface area contributed by atoms with E-state index in [0.717, 1.165) is 0 Å². The largest absolute Gasteiger partial charge is 0.417 e. The molecule has 0 aromatic carbocycles. The summed E-state index contributed by atoms with van der Waals surface area (Å²) in [6.45, 7) is 0.0563. The number of rotatable bonds is 2. The Bertz CT molecular complexity index is 457. The fourth-order valence-corrected chi connectivity index (χ4v) is 3.25. The van der Waals surface area contributed by atoms with Crippen LogP contribution in [0.25, 0.3) is 0 Å². The number of hydrogen-bond acceptors (Lipinski definition) is 3. The summed E-state index contributed by atoms with van der Waals surface area (Å²) in [7, 11) is 0. The molecule has 10 heteroatoms. The van der Waals surface area contributed by atoms with Crippen LogP contribution in [0.4, 0.5) is 26.3 Å². The van der Waals surface area contributed by atoms with Gasteiger partial charge < -0.3 is 15.7 Å². The Hall–Kier alpha value is -1.03. The molecule has 1 aliphatic heterocycles. The molecule has 1 amide bonds. The lowest BCUT2D eigenvalue weighted by molar-refractivity contribution is -0.270. The quantitative estimate of drug-likeness (QED) is 0.661. The highest BCUT2D eigenvalue weighted by Crippen LogP contribution is 2.41. The minimum atomic E-state index is -4.73. The Balaban J connectivity index is 1.86. The van der Waals surface area contributed by atoms with E-state index in [0.29, 0.717) is 0 Å². The number of aliphatic hydroxyl groups is 1. The van der Waals surface area contributed by atoms with Crippen LogP contribution in [0.5, 0.6) is 0 Å². The van der Waals surface area contributed by atoms with Crippen LogP contribution in [-0.2, 0) is 4.79 Å². The van der Waals surface area contributed by atoms with E-state index in [1.807, 2.05) is 0 Å². The first kappa shape index (κ1) is 19.3. The van der Waals surface area contributed by atoms with E-state index in [4.69, 9.17) is 0 Å². The molecule has 3 N–H and O–H groups in total. The van der Waals surface area contributed by atoms with Crippen molar-refractivity contribution in [3.8, 4) is 0 Å². The van der Waals surface area contributed by atoms with Gasteiger partial charge in [0.1, 0.15) is 6.04 Å². The van der Waals surface area contributed by atoms with Crippen molar-refractivity contribution in [2.45, 2.75) is 68.6 Å². The molecule has 1 aliphatic carbocycles. The maximum Gasteiger partial charge on any atom is 0.417 e. The van der Waals surface area contributed by atoms with Crippen LogP contribution >= 0.6 is 0 Å². The maximum absolute atomic E-state index is 12.7. The van der Waals surface area contributed by atoms with Gasteiger partial charge in [-0.05, 0) is 45.1 Å². The van der Waals surface area contributed by atoms with Gasteiger partial charge in [0.05, 0.1) is 0 Å². The SMILES string of the molecule is O=C(NC1CCC(O)(C(F)(F)F)CC1)C1CCNC(C(F)(F)F)C1. The minimum absolute atomic E-state index is 0.0563. The van der Waals surface area contributed by atoms with E-state index in [2.05, 4.69) is 10.6 Å². The third-order valence-corrected chi connectivity index (χ3v) is 4.86. The van der Waals surface area contributed by atoms with Gasteiger partial charge in [0.15, 0.2) is 5.60 Å². The number of alkyl halides is 6. The van der Waals surface area contributed by atoms with Crippen molar-refractivity contribution in [3.05, 3.63) is 0 Å².